The zero-order chi connectivity index (χ0) is 17.1. The largest absolute Gasteiger partial charge is 0.494 e. The standard InChI is InChI=1S/C18H16O5S/c1-3-21-12-6-7-15-13(9-12)11(2)17(23-15)18(20)22-10-14(19)16-5-4-8-24-16/h4-9H,3,10H2,1-2H3. The average Bonchev–Trinajstić information content (AvgIpc) is 3.22. The van der Waals surface area contributed by atoms with Gasteiger partial charge in [0.1, 0.15) is 11.3 Å². The number of Topliss-reactive ketones (excluding diaryl/α,β-unsaturated/α-hetero) is 1. The first-order chi connectivity index (χ1) is 11.6. The third-order valence-corrected chi connectivity index (χ3v) is 4.45. The Kier molecular flexibility index (Phi) is 4.66. The molecule has 0 saturated carbocycles. The first-order valence-electron chi connectivity index (χ1n) is 7.50. The molecule has 0 amide bonds. The summed E-state index contributed by atoms with van der Waals surface area (Å²) >= 11 is 1.31. The molecule has 2 aromatic heterocycles. The van der Waals surface area contributed by atoms with Crippen LogP contribution in [0.2, 0.25) is 0 Å². The molecule has 6 heteroatoms. The van der Waals surface area contributed by atoms with E-state index in [4.69, 9.17) is 13.9 Å². The zero-order valence-electron chi connectivity index (χ0n) is 13.3. The highest BCUT2D eigenvalue weighted by molar-refractivity contribution is 7.12. The maximum atomic E-state index is 12.2. The SMILES string of the molecule is CCOc1ccc2oc(C(=O)OCC(=O)c3cccs3)c(C)c2c1. The van der Waals surface area contributed by atoms with Crippen molar-refractivity contribution in [2.75, 3.05) is 13.2 Å². The second-order valence-corrected chi connectivity index (χ2v) is 6.07. The highest BCUT2D eigenvalue weighted by Gasteiger charge is 2.21. The minimum Gasteiger partial charge on any atom is -0.494 e. The number of hydrogen-bond acceptors (Lipinski definition) is 6. The summed E-state index contributed by atoms with van der Waals surface area (Å²) in [7, 11) is 0. The van der Waals surface area contributed by atoms with Crippen molar-refractivity contribution in [2.24, 2.45) is 0 Å². The van der Waals surface area contributed by atoms with Gasteiger partial charge in [-0.15, -0.1) is 11.3 Å². The molecule has 0 aliphatic carbocycles. The summed E-state index contributed by atoms with van der Waals surface area (Å²) in [6.45, 7) is 3.93. The van der Waals surface area contributed by atoms with Crippen LogP contribution >= 0.6 is 11.3 Å². The molecule has 0 aliphatic rings. The Morgan fingerprint density at radius 2 is 2.08 bits per heavy atom. The fraction of sp³-hybridized carbons (Fsp3) is 0.222. The Hall–Kier alpha value is -2.60. The summed E-state index contributed by atoms with van der Waals surface area (Å²) < 4.78 is 16.1. The van der Waals surface area contributed by atoms with Crippen molar-refractivity contribution in [3.8, 4) is 5.75 Å². The number of aryl methyl sites for hydroxylation is 1. The molecule has 0 aliphatic heterocycles. The van der Waals surface area contributed by atoms with Gasteiger partial charge in [-0.3, -0.25) is 4.79 Å². The number of carbonyl (C=O) groups excluding carboxylic acids is 2. The summed E-state index contributed by atoms with van der Waals surface area (Å²) in [6, 6.07) is 8.83. The summed E-state index contributed by atoms with van der Waals surface area (Å²) in [5.41, 5.74) is 1.24. The highest BCUT2D eigenvalue weighted by atomic mass is 32.1. The van der Waals surface area contributed by atoms with E-state index in [1.807, 2.05) is 13.0 Å². The summed E-state index contributed by atoms with van der Waals surface area (Å²) in [5.74, 6) is -0.0587. The van der Waals surface area contributed by atoms with Gasteiger partial charge in [0.2, 0.25) is 11.5 Å². The molecule has 0 N–H and O–H groups in total. The molecule has 0 radical (unpaired) electrons. The summed E-state index contributed by atoms with van der Waals surface area (Å²) in [4.78, 5) is 24.7. The molecule has 3 aromatic rings. The van der Waals surface area contributed by atoms with Gasteiger partial charge >= 0.3 is 5.97 Å². The van der Waals surface area contributed by atoms with E-state index in [-0.39, 0.29) is 18.2 Å². The number of ether oxygens (including phenoxy) is 2. The van der Waals surface area contributed by atoms with Crippen molar-refractivity contribution in [3.05, 3.63) is 51.9 Å². The van der Waals surface area contributed by atoms with E-state index in [0.717, 1.165) is 5.39 Å². The van der Waals surface area contributed by atoms with Crippen molar-refractivity contribution in [3.63, 3.8) is 0 Å². The van der Waals surface area contributed by atoms with Crippen molar-refractivity contribution in [2.45, 2.75) is 13.8 Å². The van der Waals surface area contributed by atoms with Gasteiger partial charge in [-0.1, -0.05) is 6.07 Å². The summed E-state index contributed by atoms with van der Waals surface area (Å²) in [6.07, 6.45) is 0. The van der Waals surface area contributed by atoms with Gasteiger partial charge < -0.3 is 13.9 Å². The van der Waals surface area contributed by atoms with E-state index in [9.17, 15) is 9.59 Å². The van der Waals surface area contributed by atoms with Gasteiger partial charge in [0.15, 0.2) is 6.61 Å². The monoisotopic (exact) mass is 344 g/mol. The maximum absolute atomic E-state index is 12.2. The van der Waals surface area contributed by atoms with E-state index < -0.39 is 5.97 Å². The van der Waals surface area contributed by atoms with Crippen LogP contribution in [0.1, 0.15) is 32.7 Å². The summed E-state index contributed by atoms with van der Waals surface area (Å²) in [5, 5.41) is 2.59. The van der Waals surface area contributed by atoms with E-state index in [1.165, 1.54) is 11.3 Å². The molecule has 0 atom stereocenters. The second kappa shape index (κ2) is 6.88. The van der Waals surface area contributed by atoms with E-state index in [2.05, 4.69) is 0 Å². The second-order valence-electron chi connectivity index (χ2n) is 5.12. The number of ketones is 1. The lowest BCUT2D eigenvalue weighted by molar-refractivity contribution is 0.0446. The van der Waals surface area contributed by atoms with Crippen LogP contribution in [0, 0.1) is 6.92 Å². The molecular formula is C18H16O5S. The topological polar surface area (TPSA) is 65.7 Å². The number of thiophene rings is 1. The zero-order valence-corrected chi connectivity index (χ0v) is 14.1. The van der Waals surface area contributed by atoms with Gasteiger partial charge in [-0.25, -0.2) is 4.79 Å². The minimum absolute atomic E-state index is 0.109. The van der Waals surface area contributed by atoms with Crippen LogP contribution in [0.3, 0.4) is 0 Å². The highest BCUT2D eigenvalue weighted by Crippen LogP contribution is 2.29. The van der Waals surface area contributed by atoms with Crippen molar-refractivity contribution in [1.29, 1.82) is 0 Å². The number of hydrogen-bond donors (Lipinski definition) is 0. The Balaban J connectivity index is 1.77. The lowest BCUT2D eigenvalue weighted by atomic mass is 10.1. The number of fused-ring (bicyclic) bond motifs is 1. The third kappa shape index (κ3) is 3.19. The normalized spacial score (nSPS) is 10.8. The molecule has 1 aromatic carbocycles. The molecule has 5 nitrogen and oxygen atoms in total. The predicted octanol–water partition coefficient (Wildman–Crippen LogP) is 4.24. The molecule has 0 unspecified atom stereocenters. The van der Waals surface area contributed by atoms with Crippen molar-refractivity contribution >= 4 is 34.1 Å². The Morgan fingerprint density at radius 1 is 1.25 bits per heavy atom. The van der Waals surface area contributed by atoms with E-state index in [1.54, 1.807) is 36.6 Å². The molecule has 2 heterocycles. The van der Waals surface area contributed by atoms with Crippen molar-refractivity contribution < 1.29 is 23.5 Å². The van der Waals surface area contributed by atoms with Gasteiger partial charge in [0.05, 0.1) is 11.5 Å². The fourth-order valence-corrected chi connectivity index (χ4v) is 3.01. The number of carbonyl (C=O) groups is 2. The van der Waals surface area contributed by atoms with Gasteiger partial charge in [0.25, 0.3) is 0 Å². The van der Waals surface area contributed by atoms with Crippen LogP contribution in [0.4, 0.5) is 0 Å². The van der Waals surface area contributed by atoms with Gasteiger partial charge in [0, 0.05) is 10.9 Å². The number of furan rings is 1. The number of esters is 1. The molecule has 0 bridgehead atoms. The van der Waals surface area contributed by atoms with Crippen LogP contribution in [-0.4, -0.2) is 25.0 Å². The van der Waals surface area contributed by atoms with Gasteiger partial charge in [-0.05, 0) is 43.5 Å². The smallest absolute Gasteiger partial charge is 0.375 e. The average molecular weight is 344 g/mol. The number of benzene rings is 1. The maximum Gasteiger partial charge on any atom is 0.375 e. The fourth-order valence-electron chi connectivity index (χ4n) is 2.36. The molecule has 24 heavy (non-hydrogen) atoms. The Bertz CT molecular complexity index is 876. The molecule has 0 fully saturated rings. The molecule has 0 saturated heterocycles. The van der Waals surface area contributed by atoms with Crippen LogP contribution in [0.5, 0.6) is 5.75 Å². The minimum atomic E-state index is -0.647. The van der Waals surface area contributed by atoms with Crippen LogP contribution < -0.4 is 4.74 Å². The van der Waals surface area contributed by atoms with Gasteiger partial charge in [-0.2, -0.15) is 0 Å². The number of rotatable bonds is 6. The lowest BCUT2D eigenvalue weighted by Crippen LogP contribution is -2.13. The molecular weight excluding hydrogens is 328 g/mol. The van der Waals surface area contributed by atoms with Crippen LogP contribution in [0.25, 0.3) is 11.0 Å². The Morgan fingerprint density at radius 3 is 2.79 bits per heavy atom. The van der Waals surface area contributed by atoms with Crippen LogP contribution in [0.15, 0.2) is 40.1 Å². The Labute approximate surface area is 142 Å². The van der Waals surface area contributed by atoms with Crippen molar-refractivity contribution in [1.82, 2.24) is 0 Å². The first-order valence-corrected chi connectivity index (χ1v) is 8.38. The van der Waals surface area contributed by atoms with Crippen LogP contribution in [-0.2, 0) is 4.74 Å². The van der Waals surface area contributed by atoms with E-state index in [0.29, 0.717) is 28.4 Å². The first kappa shape index (κ1) is 16.3. The molecule has 0 spiro atoms. The molecule has 124 valence electrons. The predicted molar refractivity (Wildman–Crippen MR) is 91.1 cm³/mol. The third-order valence-electron chi connectivity index (χ3n) is 3.53. The quantitative estimate of drug-likeness (QED) is 0.494. The van der Waals surface area contributed by atoms with E-state index >= 15 is 0 Å². The molecule has 3 rings (SSSR count). The lowest BCUT2D eigenvalue weighted by Gasteiger charge is -2.02.